The van der Waals surface area contributed by atoms with Crippen LogP contribution in [0.5, 0.6) is 0 Å². The summed E-state index contributed by atoms with van der Waals surface area (Å²) in [5.74, 6) is 0.534. The van der Waals surface area contributed by atoms with E-state index in [2.05, 4.69) is 15.3 Å². The van der Waals surface area contributed by atoms with Crippen LogP contribution >= 0.6 is 11.6 Å². The molecular weight excluding hydrogens is 424 g/mol. The number of hydrogen-bond donors (Lipinski definition) is 1. The van der Waals surface area contributed by atoms with Gasteiger partial charge < -0.3 is 10.2 Å². The summed E-state index contributed by atoms with van der Waals surface area (Å²) in [5.41, 5.74) is 4.34. The molecule has 6 nitrogen and oxygen atoms in total. The average Bonchev–Trinajstić information content (AvgIpc) is 2.78. The number of carbonyl (C=O) groups excluding carboxylic acids is 1. The van der Waals surface area contributed by atoms with Crippen molar-refractivity contribution in [1.29, 1.82) is 0 Å². The molecule has 0 spiro atoms. The van der Waals surface area contributed by atoms with Crippen molar-refractivity contribution in [3.8, 4) is 5.69 Å². The van der Waals surface area contributed by atoms with Crippen molar-refractivity contribution in [3.63, 3.8) is 0 Å². The fraction of sp³-hybridized carbons (Fsp3) is 0.320. The quantitative estimate of drug-likeness (QED) is 0.627. The maximum atomic E-state index is 13.0. The SMILES string of the molecule is Cc1ccc(C)c(NC(=O)C2CCCN(c3ccc(=O)n(-c4ccc(C)c(Cl)c4)n3)C2)c1. The van der Waals surface area contributed by atoms with Gasteiger partial charge in [0.1, 0.15) is 5.82 Å². The number of amides is 1. The van der Waals surface area contributed by atoms with E-state index in [1.165, 1.54) is 10.7 Å². The Morgan fingerprint density at radius 3 is 2.62 bits per heavy atom. The minimum atomic E-state index is -0.227. The highest BCUT2D eigenvalue weighted by Gasteiger charge is 2.27. The Labute approximate surface area is 192 Å². The summed E-state index contributed by atoms with van der Waals surface area (Å²) in [6.07, 6.45) is 1.70. The van der Waals surface area contributed by atoms with E-state index in [9.17, 15) is 9.59 Å². The lowest BCUT2D eigenvalue weighted by atomic mass is 9.96. The number of hydrogen-bond acceptors (Lipinski definition) is 4. The van der Waals surface area contributed by atoms with Crippen LogP contribution in [0.1, 0.15) is 29.5 Å². The molecule has 2 heterocycles. The van der Waals surface area contributed by atoms with Gasteiger partial charge in [-0.15, -0.1) is 5.10 Å². The van der Waals surface area contributed by atoms with Crippen LogP contribution in [0.25, 0.3) is 5.69 Å². The Hall–Kier alpha value is -3.12. The third kappa shape index (κ3) is 4.70. The lowest BCUT2D eigenvalue weighted by Crippen LogP contribution is -2.41. The van der Waals surface area contributed by atoms with E-state index < -0.39 is 0 Å². The molecular formula is C25H27ClN4O2. The summed E-state index contributed by atoms with van der Waals surface area (Å²) in [6, 6.07) is 14.7. The number of aromatic nitrogens is 2. The second-order valence-corrected chi connectivity index (χ2v) is 8.88. The Morgan fingerprint density at radius 2 is 1.84 bits per heavy atom. The molecule has 2 aromatic carbocycles. The first-order chi connectivity index (χ1) is 15.3. The fourth-order valence-electron chi connectivity index (χ4n) is 3.97. The number of carbonyl (C=O) groups is 1. The molecule has 1 unspecified atom stereocenters. The lowest BCUT2D eigenvalue weighted by molar-refractivity contribution is -0.120. The van der Waals surface area contributed by atoms with Gasteiger partial charge in [0.15, 0.2) is 0 Å². The van der Waals surface area contributed by atoms with Gasteiger partial charge in [-0.25, -0.2) is 0 Å². The number of halogens is 1. The molecule has 1 N–H and O–H groups in total. The summed E-state index contributed by atoms with van der Waals surface area (Å²) in [7, 11) is 0. The Balaban J connectivity index is 1.54. The minimum absolute atomic E-state index is 0.0158. The molecule has 3 aromatic rings. The standard InChI is InChI=1S/C25H27ClN4O2/c1-16-6-7-18(3)22(13-16)27-25(32)19-5-4-12-29(15-19)23-10-11-24(31)30(28-23)20-9-8-17(2)21(26)14-20/h6-11,13-14,19H,4-5,12,15H2,1-3H3,(H,27,32). The summed E-state index contributed by atoms with van der Waals surface area (Å²) < 4.78 is 1.36. The van der Waals surface area contributed by atoms with Gasteiger partial charge >= 0.3 is 0 Å². The van der Waals surface area contributed by atoms with Gasteiger partial charge in [-0.3, -0.25) is 9.59 Å². The lowest BCUT2D eigenvalue weighted by Gasteiger charge is -2.33. The van der Waals surface area contributed by atoms with Crippen molar-refractivity contribution >= 4 is 29.0 Å². The molecule has 1 atom stereocenters. The van der Waals surface area contributed by atoms with Gasteiger partial charge in [-0.05, 0) is 74.6 Å². The minimum Gasteiger partial charge on any atom is -0.354 e. The second-order valence-electron chi connectivity index (χ2n) is 8.47. The highest BCUT2D eigenvalue weighted by Crippen LogP contribution is 2.25. The molecule has 1 amide bonds. The highest BCUT2D eigenvalue weighted by atomic mass is 35.5. The summed E-state index contributed by atoms with van der Waals surface area (Å²) >= 11 is 6.25. The van der Waals surface area contributed by atoms with Crippen LogP contribution in [0, 0.1) is 26.7 Å². The van der Waals surface area contributed by atoms with Crippen LogP contribution in [0.2, 0.25) is 5.02 Å². The molecule has 0 aliphatic carbocycles. The largest absolute Gasteiger partial charge is 0.354 e. The van der Waals surface area contributed by atoms with E-state index in [1.807, 2.05) is 51.1 Å². The van der Waals surface area contributed by atoms with Gasteiger partial charge in [0.25, 0.3) is 5.56 Å². The molecule has 7 heteroatoms. The van der Waals surface area contributed by atoms with E-state index in [1.54, 1.807) is 12.1 Å². The van der Waals surface area contributed by atoms with Crippen LogP contribution in [0.4, 0.5) is 11.5 Å². The van der Waals surface area contributed by atoms with Gasteiger partial charge in [-0.1, -0.05) is 29.8 Å². The monoisotopic (exact) mass is 450 g/mol. The van der Waals surface area contributed by atoms with Crippen molar-refractivity contribution < 1.29 is 4.79 Å². The molecule has 1 fully saturated rings. The number of benzene rings is 2. The van der Waals surface area contributed by atoms with Crippen molar-refractivity contribution in [2.45, 2.75) is 33.6 Å². The summed E-state index contributed by atoms with van der Waals surface area (Å²) in [4.78, 5) is 27.5. The van der Waals surface area contributed by atoms with Gasteiger partial charge in [0.05, 0.1) is 11.6 Å². The first-order valence-corrected chi connectivity index (χ1v) is 11.2. The molecule has 0 saturated carbocycles. The number of anilines is 2. The highest BCUT2D eigenvalue weighted by molar-refractivity contribution is 6.31. The first kappa shape index (κ1) is 22.1. The Kier molecular flexibility index (Phi) is 6.33. The Bertz CT molecular complexity index is 1220. The second kappa shape index (κ2) is 9.17. The van der Waals surface area contributed by atoms with Crippen molar-refractivity contribution in [2.75, 3.05) is 23.3 Å². The fourth-order valence-corrected chi connectivity index (χ4v) is 4.15. The van der Waals surface area contributed by atoms with Crippen LogP contribution < -0.4 is 15.8 Å². The van der Waals surface area contributed by atoms with Crippen molar-refractivity contribution in [1.82, 2.24) is 9.78 Å². The number of nitrogens with one attached hydrogen (secondary N) is 1. The van der Waals surface area contributed by atoms with Crippen molar-refractivity contribution in [3.05, 3.63) is 80.6 Å². The molecule has 1 aliphatic heterocycles. The maximum absolute atomic E-state index is 13.0. The van der Waals surface area contributed by atoms with Gasteiger partial charge in [0, 0.05) is 29.9 Å². The molecule has 1 saturated heterocycles. The van der Waals surface area contributed by atoms with E-state index in [-0.39, 0.29) is 17.4 Å². The first-order valence-electron chi connectivity index (χ1n) is 10.8. The third-order valence-electron chi connectivity index (χ3n) is 5.95. The zero-order valence-electron chi connectivity index (χ0n) is 18.6. The topological polar surface area (TPSA) is 67.2 Å². The summed E-state index contributed by atoms with van der Waals surface area (Å²) in [6.45, 7) is 7.26. The number of aryl methyl sites for hydroxylation is 3. The molecule has 166 valence electrons. The summed E-state index contributed by atoms with van der Waals surface area (Å²) in [5, 5.41) is 8.26. The predicted molar refractivity (Wildman–Crippen MR) is 129 cm³/mol. The zero-order chi connectivity index (χ0) is 22.8. The van der Waals surface area contributed by atoms with Crippen LogP contribution in [0.3, 0.4) is 0 Å². The van der Waals surface area contributed by atoms with Crippen LogP contribution in [-0.2, 0) is 4.79 Å². The van der Waals surface area contributed by atoms with E-state index >= 15 is 0 Å². The molecule has 1 aliphatic rings. The van der Waals surface area contributed by atoms with Crippen molar-refractivity contribution in [2.24, 2.45) is 5.92 Å². The Morgan fingerprint density at radius 1 is 1.06 bits per heavy atom. The molecule has 32 heavy (non-hydrogen) atoms. The molecule has 0 bridgehead atoms. The average molecular weight is 451 g/mol. The molecule has 1 aromatic heterocycles. The maximum Gasteiger partial charge on any atom is 0.271 e. The predicted octanol–water partition coefficient (Wildman–Crippen LogP) is 4.67. The zero-order valence-corrected chi connectivity index (χ0v) is 19.3. The van der Waals surface area contributed by atoms with Gasteiger partial charge in [0.2, 0.25) is 5.91 Å². The molecule has 4 rings (SSSR count). The van der Waals surface area contributed by atoms with E-state index in [4.69, 9.17) is 11.6 Å². The number of rotatable bonds is 4. The number of piperidine rings is 1. The molecule has 0 radical (unpaired) electrons. The van der Waals surface area contributed by atoms with E-state index in [0.717, 1.165) is 41.8 Å². The number of nitrogens with zero attached hydrogens (tertiary/aromatic N) is 3. The normalized spacial score (nSPS) is 16.1. The smallest absolute Gasteiger partial charge is 0.271 e. The third-order valence-corrected chi connectivity index (χ3v) is 6.36. The van der Waals surface area contributed by atoms with E-state index in [0.29, 0.717) is 23.1 Å². The van der Waals surface area contributed by atoms with Crippen LogP contribution in [0.15, 0.2) is 53.3 Å². The van der Waals surface area contributed by atoms with Gasteiger partial charge in [-0.2, -0.15) is 4.68 Å². The van der Waals surface area contributed by atoms with Crippen LogP contribution in [-0.4, -0.2) is 28.8 Å².